The number of hydrogen-bond donors (Lipinski definition) is 3. The molecule has 6 heteroatoms. The summed E-state index contributed by atoms with van der Waals surface area (Å²) in [5.74, 6) is 0.159. The maximum absolute atomic E-state index is 11.7. The SMILES string of the molecule is Cc1cn(CC(=O)Nc2ccccc2O)nc1N. The smallest absolute Gasteiger partial charge is 0.246 e. The van der Waals surface area contributed by atoms with Crippen LogP contribution in [0.2, 0.25) is 0 Å². The van der Waals surface area contributed by atoms with Crippen LogP contribution >= 0.6 is 0 Å². The normalized spacial score (nSPS) is 10.3. The highest BCUT2D eigenvalue weighted by Crippen LogP contribution is 2.21. The van der Waals surface area contributed by atoms with E-state index in [4.69, 9.17) is 5.73 Å². The van der Waals surface area contributed by atoms with Crippen molar-refractivity contribution >= 4 is 17.4 Å². The summed E-state index contributed by atoms with van der Waals surface area (Å²) in [4.78, 5) is 11.7. The van der Waals surface area contributed by atoms with Crippen LogP contribution in [-0.4, -0.2) is 20.8 Å². The molecule has 0 bridgehead atoms. The molecule has 0 aliphatic rings. The van der Waals surface area contributed by atoms with Gasteiger partial charge in [-0.15, -0.1) is 0 Å². The van der Waals surface area contributed by atoms with Crippen LogP contribution in [0.15, 0.2) is 30.5 Å². The number of carbonyl (C=O) groups excluding carboxylic acids is 1. The molecule has 0 saturated carbocycles. The van der Waals surface area contributed by atoms with Gasteiger partial charge in [0.15, 0.2) is 0 Å². The Kier molecular flexibility index (Phi) is 3.18. The highest BCUT2D eigenvalue weighted by Gasteiger charge is 2.08. The number of phenolic OH excluding ortho intramolecular Hbond substituents is 1. The van der Waals surface area contributed by atoms with Crippen molar-refractivity contribution in [2.75, 3.05) is 11.1 Å². The van der Waals surface area contributed by atoms with Gasteiger partial charge in [-0.25, -0.2) is 0 Å². The second kappa shape index (κ2) is 4.79. The summed E-state index contributed by atoms with van der Waals surface area (Å²) in [5.41, 5.74) is 6.79. The molecule has 1 aromatic heterocycles. The molecule has 2 rings (SSSR count). The van der Waals surface area contributed by atoms with Crippen LogP contribution in [0, 0.1) is 6.92 Å². The zero-order valence-corrected chi connectivity index (χ0v) is 9.92. The topological polar surface area (TPSA) is 93.2 Å². The summed E-state index contributed by atoms with van der Waals surface area (Å²) >= 11 is 0. The zero-order chi connectivity index (χ0) is 13.1. The lowest BCUT2D eigenvalue weighted by atomic mass is 10.3. The van der Waals surface area contributed by atoms with E-state index in [0.29, 0.717) is 11.5 Å². The Morgan fingerprint density at radius 3 is 2.83 bits per heavy atom. The van der Waals surface area contributed by atoms with Gasteiger partial charge in [0.1, 0.15) is 18.1 Å². The van der Waals surface area contributed by atoms with Crippen LogP contribution in [0.5, 0.6) is 5.75 Å². The van der Waals surface area contributed by atoms with E-state index in [9.17, 15) is 9.90 Å². The van der Waals surface area contributed by atoms with Crippen molar-refractivity contribution in [1.82, 2.24) is 9.78 Å². The number of aryl methyl sites for hydroxylation is 1. The predicted molar refractivity (Wildman–Crippen MR) is 68.1 cm³/mol. The highest BCUT2D eigenvalue weighted by molar-refractivity contribution is 5.91. The zero-order valence-electron chi connectivity index (χ0n) is 9.92. The first-order valence-electron chi connectivity index (χ1n) is 5.43. The van der Waals surface area contributed by atoms with E-state index in [1.807, 2.05) is 6.92 Å². The summed E-state index contributed by atoms with van der Waals surface area (Å²) in [6, 6.07) is 6.54. The fourth-order valence-electron chi connectivity index (χ4n) is 1.53. The van der Waals surface area contributed by atoms with Gasteiger partial charge in [0.25, 0.3) is 0 Å². The number of carbonyl (C=O) groups is 1. The number of anilines is 2. The Labute approximate surface area is 104 Å². The molecular formula is C12H14N4O2. The van der Waals surface area contributed by atoms with Crippen molar-refractivity contribution in [3.63, 3.8) is 0 Å². The van der Waals surface area contributed by atoms with Crippen molar-refractivity contribution in [3.05, 3.63) is 36.0 Å². The molecule has 0 aliphatic heterocycles. The van der Waals surface area contributed by atoms with Gasteiger partial charge in [0, 0.05) is 11.8 Å². The molecule has 0 unspecified atom stereocenters. The molecule has 18 heavy (non-hydrogen) atoms. The van der Waals surface area contributed by atoms with Crippen LogP contribution in [0.25, 0.3) is 0 Å². The van der Waals surface area contributed by atoms with Gasteiger partial charge in [-0.2, -0.15) is 5.10 Å². The number of nitrogens with one attached hydrogen (secondary N) is 1. The Morgan fingerprint density at radius 2 is 2.22 bits per heavy atom. The molecule has 0 spiro atoms. The van der Waals surface area contributed by atoms with Crippen molar-refractivity contribution in [3.8, 4) is 5.75 Å². The van der Waals surface area contributed by atoms with Crippen LogP contribution < -0.4 is 11.1 Å². The van der Waals surface area contributed by atoms with E-state index < -0.39 is 0 Å². The Bertz CT molecular complexity index is 558. The third-order valence-corrected chi connectivity index (χ3v) is 2.47. The second-order valence-corrected chi connectivity index (χ2v) is 3.96. The molecule has 4 N–H and O–H groups in total. The van der Waals surface area contributed by atoms with E-state index in [0.717, 1.165) is 5.56 Å². The molecule has 1 amide bonds. The highest BCUT2D eigenvalue weighted by atomic mass is 16.3. The third-order valence-electron chi connectivity index (χ3n) is 2.47. The van der Waals surface area contributed by atoms with Crippen molar-refractivity contribution < 1.29 is 9.90 Å². The maximum Gasteiger partial charge on any atom is 0.246 e. The summed E-state index contributed by atoms with van der Waals surface area (Å²) in [6.07, 6.45) is 1.69. The number of nitrogens with two attached hydrogens (primary N) is 1. The molecule has 94 valence electrons. The van der Waals surface area contributed by atoms with Crippen molar-refractivity contribution in [2.24, 2.45) is 0 Å². The first kappa shape index (κ1) is 12.0. The minimum absolute atomic E-state index is 0.0296. The van der Waals surface area contributed by atoms with Crippen LogP contribution in [0.1, 0.15) is 5.56 Å². The molecular weight excluding hydrogens is 232 g/mol. The molecule has 0 fully saturated rings. The van der Waals surface area contributed by atoms with Gasteiger partial charge in [0.05, 0.1) is 5.69 Å². The molecule has 0 saturated heterocycles. The van der Waals surface area contributed by atoms with Crippen molar-refractivity contribution in [2.45, 2.75) is 13.5 Å². The Balaban J connectivity index is 2.03. The number of amides is 1. The lowest BCUT2D eigenvalue weighted by molar-refractivity contribution is -0.116. The quantitative estimate of drug-likeness (QED) is 0.707. The van der Waals surface area contributed by atoms with Crippen LogP contribution in [0.4, 0.5) is 11.5 Å². The molecule has 2 aromatic rings. The van der Waals surface area contributed by atoms with Gasteiger partial charge >= 0.3 is 0 Å². The lowest BCUT2D eigenvalue weighted by Gasteiger charge is -2.06. The van der Waals surface area contributed by atoms with Crippen LogP contribution in [0.3, 0.4) is 0 Å². The third kappa shape index (κ3) is 2.60. The number of aromatic nitrogens is 2. The lowest BCUT2D eigenvalue weighted by Crippen LogP contribution is -2.19. The monoisotopic (exact) mass is 246 g/mol. The standard InChI is InChI=1S/C12H14N4O2/c1-8-6-16(15-12(8)13)7-11(18)14-9-4-2-3-5-10(9)17/h2-6,17H,7H2,1H3,(H2,13,15)(H,14,18). The number of hydrogen-bond acceptors (Lipinski definition) is 4. The van der Waals surface area contributed by atoms with Gasteiger partial charge in [-0.1, -0.05) is 12.1 Å². The fourth-order valence-corrected chi connectivity index (χ4v) is 1.53. The van der Waals surface area contributed by atoms with Gasteiger partial charge in [-0.05, 0) is 19.1 Å². The number of aromatic hydroxyl groups is 1. The van der Waals surface area contributed by atoms with E-state index in [-0.39, 0.29) is 18.2 Å². The molecule has 0 radical (unpaired) electrons. The minimum atomic E-state index is -0.279. The molecule has 1 aromatic carbocycles. The molecule has 1 heterocycles. The predicted octanol–water partition coefficient (Wildman–Crippen LogP) is 1.12. The first-order valence-corrected chi connectivity index (χ1v) is 5.43. The average Bonchev–Trinajstić information content (AvgIpc) is 2.61. The first-order chi connectivity index (χ1) is 8.56. The molecule has 0 aliphatic carbocycles. The number of nitrogens with zero attached hydrogens (tertiary/aromatic N) is 2. The second-order valence-electron chi connectivity index (χ2n) is 3.96. The van der Waals surface area contributed by atoms with Crippen molar-refractivity contribution in [1.29, 1.82) is 0 Å². The number of phenols is 1. The van der Waals surface area contributed by atoms with E-state index in [2.05, 4.69) is 10.4 Å². The number of benzene rings is 1. The molecule has 0 atom stereocenters. The minimum Gasteiger partial charge on any atom is -0.506 e. The Hall–Kier alpha value is -2.50. The average molecular weight is 246 g/mol. The molecule has 6 nitrogen and oxygen atoms in total. The van der Waals surface area contributed by atoms with E-state index in [1.165, 1.54) is 10.7 Å². The van der Waals surface area contributed by atoms with Gasteiger partial charge < -0.3 is 16.2 Å². The summed E-state index contributed by atoms with van der Waals surface area (Å²) in [5, 5.41) is 16.1. The van der Waals surface area contributed by atoms with E-state index >= 15 is 0 Å². The van der Waals surface area contributed by atoms with Gasteiger partial charge in [0.2, 0.25) is 5.91 Å². The summed E-state index contributed by atoms with van der Waals surface area (Å²) < 4.78 is 1.46. The summed E-state index contributed by atoms with van der Waals surface area (Å²) in [7, 11) is 0. The van der Waals surface area contributed by atoms with Crippen LogP contribution in [-0.2, 0) is 11.3 Å². The number of nitrogen functional groups attached to an aromatic ring is 1. The summed E-state index contributed by atoms with van der Waals surface area (Å²) in [6.45, 7) is 1.87. The Morgan fingerprint density at radius 1 is 1.50 bits per heavy atom. The van der Waals surface area contributed by atoms with Gasteiger partial charge in [-0.3, -0.25) is 9.48 Å². The largest absolute Gasteiger partial charge is 0.506 e. The van der Waals surface area contributed by atoms with E-state index in [1.54, 1.807) is 24.4 Å². The fraction of sp³-hybridized carbons (Fsp3) is 0.167. The number of rotatable bonds is 3. The number of para-hydroxylation sites is 2. The maximum atomic E-state index is 11.7.